The van der Waals surface area contributed by atoms with Crippen molar-refractivity contribution in [3.8, 4) is 29.9 Å². The largest absolute Gasteiger partial charge is 0.467 e. The summed E-state index contributed by atoms with van der Waals surface area (Å²) in [5.41, 5.74) is 0.101. The van der Waals surface area contributed by atoms with Gasteiger partial charge in [0, 0.05) is 6.07 Å². The van der Waals surface area contributed by atoms with Crippen molar-refractivity contribution >= 4 is 17.6 Å². The van der Waals surface area contributed by atoms with E-state index in [1.807, 2.05) is 6.07 Å². The molecule has 0 aliphatic rings. The summed E-state index contributed by atoms with van der Waals surface area (Å²) in [6, 6.07) is 4.18. The van der Waals surface area contributed by atoms with Gasteiger partial charge in [-0.3, -0.25) is 0 Å². The molecule has 0 bridgehead atoms. The van der Waals surface area contributed by atoms with E-state index in [9.17, 15) is 4.79 Å². The van der Waals surface area contributed by atoms with Crippen molar-refractivity contribution in [3.63, 3.8) is 0 Å². The molecule has 2 aromatic rings. The van der Waals surface area contributed by atoms with Gasteiger partial charge in [-0.15, -0.1) is 15.0 Å². The summed E-state index contributed by atoms with van der Waals surface area (Å²) in [5, 5.41) is 9.17. The van der Waals surface area contributed by atoms with Crippen LogP contribution in [0, 0.1) is 11.3 Å². The number of nitriles is 1. The van der Waals surface area contributed by atoms with Crippen LogP contribution in [0.2, 0.25) is 5.02 Å². The fourth-order valence-electron chi connectivity index (χ4n) is 1.74. The number of halogens is 1. The van der Waals surface area contributed by atoms with Gasteiger partial charge in [-0.25, -0.2) is 4.79 Å². The van der Waals surface area contributed by atoms with Gasteiger partial charge in [0.2, 0.25) is 0 Å². The molecule has 0 radical (unpaired) electrons. The number of nitrogens with zero attached hydrogens (tertiary/aromatic N) is 4. The average Bonchev–Trinajstić information content (AvgIpc) is 2.61. The number of carbonyl (C=O) groups is 1. The van der Waals surface area contributed by atoms with E-state index in [1.165, 1.54) is 26.4 Å². The number of ether oxygens (including phenoxy) is 4. The first-order chi connectivity index (χ1) is 12.0. The standard InChI is InChI=1S/C15H13ClN4O5/c1-4-24-12(21)9-5-8(7-17)10(16)6-11(9)25-15-19-13(22-2)18-14(20-15)23-3/h5-6H,4H2,1-3H3. The van der Waals surface area contributed by atoms with Crippen molar-refractivity contribution in [2.45, 2.75) is 6.92 Å². The highest BCUT2D eigenvalue weighted by atomic mass is 35.5. The van der Waals surface area contributed by atoms with Crippen LogP contribution in [-0.4, -0.2) is 41.7 Å². The Balaban J connectivity index is 2.50. The zero-order valence-corrected chi connectivity index (χ0v) is 14.3. The molecule has 0 fully saturated rings. The topological polar surface area (TPSA) is 116 Å². The molecule has 1 heterocycles. The minimum Gasteiger partial charge on any atom is -0.467 e. The van der Waals surface area contributed by atoms with E-state index in [2.05, 4.69) is 15.0 Å². The molecule has 0 amide bonds. The zero-order chi connectivity index (χ0) is 18.4. The third kappa shape index (κ3) is 4.24. The Kier molecular flexibility index (Phi) is 5.92. The van der Waals surface area contributed by atoms with Gasteiger partial charge in [0.1, 0.15) is 17.4 Å². The van der Waals surface area contributed by atoms with Gasteiger partial charge in [0.25, 0.3) is 0 Å². The number of benzene rings is 1. The zero-order valence-electron chi connectivity index (χ0n) is 13.6. The lowest BCUT2D eigenvalue weighted by molar-refractivity contribution is 0.0523. The Hall–Kier alpha value is -3.12. The van der Waals surface area contributed by atoms with Crippen LogP contribution in [0.15, 0.2) is 12.1 Å². The van der Waals surface area contributed by atoms with Crippen LogP contribution >= 0.6 is 11.6 Å². The second kappa shape index (κ2) is 8.12. The molecule has 0 saturated heterocycles. The fourth-order valence-corrected chi connectivity index (χ4v) is 1.94. The van der Waals surface area contributed by atoms with Crippen molar-refractivity contribution in [1.29, 1.82) is 5.26 Å². The van der Waals surface area contributed by atoms with Crippen molar-refractivity contribution in [3.05, 3.63) is 28.3 Å². The maximum atomic E-state index is 12.1. The first-order valence-corrected chi connectivity index (χ1v) is 7.32. The summed E-state index contributed by atoms with van der Waals surface area (Å²) in [7, 11) is 2.72. The summed E-state index contributed by atoms with van der Waals surface area (Å²) in [5.74, 6) is -0.670. The van der Waals surface area contributed by atoms with Gasteiger partial charge >= 0.3 is 24.0 Å². The smallest absolute Gasteiger partial charge is 0.341 e. The van der Waals surface area contributed by atoms with Crippen LogP contribution in [-0.2, 0) is 4.74 Å². The van der Waals surface area contributed by atoms with Gasteiger partial charge in [-0.05, 0) is 13.0 Å². The van der Waals surface area contributed by atoms with Crippen LogP contribution in [0.4, 0.5) is 0 Å². The third-order valence-corrected chi connectivity index (χ3v) is 3.14. The predicted molar refractivity (Wildman–Crippen MR) is 85.1 cm³/mol. The minimum atomic E-state index is -0.682. The van der Waals surface area contributed by atoms with E-state index in [-0.39, 0.29) is 46.5 Å². The summed E-state index contributed by atoms with van der Waals surface area (Å²) in [4.78, 5) is 23.8. The molecule has 9 nitrogen and oxygen atoms in total. The first-order valence-electron chi connectivity index (χ1n) is 6.95. The molecule has 0 aliphatic carbocycles. The highest BCUT2D eigenvalue weighted by molar-refractivity contribution is 6.32. The highest BCUT2D eigenvalue weighted by Crippen LogP contribution is 2.31. The molecule has 10 heteroatoms. The molecule has 0 unspecified atom stereocenters. The first kappa shape index (κ1) is 18.2. The van der Waals surface area contributed by atoms with E-state index < -0.39 is 5.97 Å². The van der Waals surface area contributed by atoms with Crippen molar-refractivity contribution in [2.75, 3.05) is 20.8 Å². The molecule has 1 aromatic heterocycles. The molecule has 25 heavy (non-hydrogen) atoms. The van der Waals surface area contributed by atoms with Crippen LogP contribution < -0.4 is 14.2 Å². The molecule has 0 spiro atoms. The highest BCUT2D eigenvalue weighted by Gasteiger charge is 2.20. The van der Waals surface area contributed by atoms with Crippen molar-refractivity contribution in [2.24, 2.45) is 0 Å². The Bertz CT molecular complexity index is 815. The van der Waals surface area contributed by atoms with E-state index in [0.29, 0.717) is 0 Å². The maximum Gasteiger partial charge on any atom is 0.341 e. The van der Waals surface area contributed by atoms with Gasteiger partial charge in [0.05, 0.1) is 31.4 Å². The second-order valence-electron chi connectivity index (χ2n) is 4.35. The monoisotopic (exact) mass is 364 g/mol. The SMILES string of the molecule is CCOC(=O)c1cc(C#N)c(Cl)cc1Oc1nc(OC)nc(OC)n1. The van der Waals surface area contributed by atoms with Crippen molar-refractivity contribution < 1.29 is 23.7 Å². The van der Waals surface area contributed by atoms with E-state index in [0.717, 1.165) is 0 Å². The molecule has 130 valence electrons. The number of hydrogen-bond donors (Lipinski definition) is 0. The number of rotatable bonds is 6. The summed E-state index contributed by atoms with van der Waals surface area (Å²) < 4.78 is 20.3. The minimum absolute atomic E-state index is 0.00106. The van der Waals surface area contributed by atoms with E-state index in [4.69, 9.17) is 35.8 Å². The molecule has 0 N–H and O–H groups in total. The lowest BCUT2D eigenvalue weighted by Crippen LogP contribution is -2.08. The third-order valence-electron chi connectivity index (χ3n) is 2.83. The Morgan fingerprint density at radius 2 is 1.76 bits per heavy atom. The molecule has 2 rings (SSSR count). The van der Waals surface area contributed by atoms with Crippen LogP contribution in [0.25, 0.3) is 0 Å². The Morgan fingerprint density at radius 3 is 2.28 bits per heavy atom. The number of aromatic nitrogens is 3. The van der Waals surface area contributed by atoms with E-state index in [1.54, 1.807) is 6.92 Å². The molecule has 0 aliphatic heterocycles. The fraction of sp³-hybridized carbons (Fsp3) is 0.267. The quantitative estimate of drug-likeness (QED) is 0.712. The predicted octanol–water partition coefficient (Wildman–Crippen LogP) is 2.38. The number of carbonyl (C=O) groups excluding carboxylic acids is 1. The maximum absolute atomic E-state index is 12.1. The Labute approximate surface area is 148 Å². The number of esters is 1. The summed E-state index contributed by atoms with van der Waals surface area (Å²) in [6.07, 6.45) is 0. The van der Waals surface area contributed by atoms with Gasteiger partial charge in [0.15, 0.2) is 0 Å². The molecule has 0 atom stereocenters. The number of methoxy groups -OCH3 is 2. The number of hydrogen-bond acceptors (Lipinski definition) is 9. The molecule has 1 aromatic carbocycles. The summed E-state index contributed by atoms with van der Waals surface area (Å²) >= 11 is 6.01. The van der Waals surface area contributed by atoms with Crippen molar-refractivity contribution in [1.82, 2.24) is 15.0 Å². The molecular formula is C15H13ClN4O5. The lowest BCUT2D eigenvalue weighted by Gasteiger charge is -2.11. The van der Waals surface area contributed by atoms with Gasteiger partial charge < -0.3 is 18.9 Å². The van der Waals surface area contributed by atoms with Gasteiger partial charge in [-0.1, -0.05) is 11.6 Å². The molecule has 0 saturated carbocycles. The van der Waals surface area contributed by atoms with Gasteiger partial charge in [-0.2, -0.15) is 5.26 Å². The Morgan fingerprint density at radius 1 is 1.16 bits per heavy atom. The normalized spacial score (nSPS) is 9.88. The molecular weight excluding hydrogens is 352 g/mol. The summed E-state index contributed by atoms with van der Waals surface area (Å²) in [6.45, 7) is 1.80. The second-order valence-corrected chi connectivity index (χ2v) is 4.76. The average molecular weight is 365 g/mol. The van der Waals surface area contributed by atoms with Crippen LogP contribution in [0.1, 0.15) is 22.8 Å². The lowest BCUT2D eigenvalue weighted by atomic mass is 10.1. The van der Waals surface area contributed by atoms with Crippen LogP contribution in [0.5, 0.6) is 23.8 Å². The van der Waals surface area contributed by atoms with Crippen LogP contribution in [0.3, 0.4) is 0 Å². The van der Waals surface area contributed by atoms with E-state index >= 15 is 0 Å².